The lowest BCUT2D eigenvalue weighted by Crippen LogP contribution is -2.37. The minimum Gasteiger partial charge on any atom is -0.478 e. The summed E-state index contributed by atoms with van der Waals surface area (Å²) in [6.07, 6.45) is 0.748. The Kier molecular flexibility index (Phi) is 5.32. The maximum atomic E-state index is 11.9. The van der Waals surface area contributed by atoms with Gasteiger partial charge >= 0.3 is 5.97 Å². The standard InChI is InChI=1S/C13H17NO4/c1-3-11(8-18-2)14-12(15)9-5-4-6-10(7-9)13(16)17/h4-7,11H,3,8H2,1-2H3,(H,14,15)(H,16,17). The first-order valence-electron chi connectivity index (χ1n) is 5.71. The van der Waals surface area contributed by atoms with Crippen LogP contribution in [0.5, 0.6) is 0 Å². The molecule has 0 bridgehead atoms. The molecule has 1 unspecified atom stereocenters. The van der Waals surface area contributed by atoms with Crippen LogP contribution in [0.1, 0.15) is 34.1 Å². The lowest BCUT2D eigenvalue weighted by Gasteiger charge is -2.15. The number of hydrogen-bond donors (Lipinski definition) is 2. The molecule has 1 aromatic carbocycles. The molecular formula is C13H17NO4. The van der Waals surface area contributed by atoms with Crippen LogP contribution in [0.4, 0.5) is 0 Å². The van der Waals surface area contributed by atoms with Crippen molar-refractivity contribution in [3.63, 3.8) is 0 Å². The van der Waals surface area contributed by atoms with E-state index in [0.717, 1.165) is 6.42 Å². The largest absolute Gasteiger partial charge is 0.478 e. The first-order chi connectivity index (χ1) is 8.58. The third kappa shape index (κ3) is 3.85. The van der Waals surface area contributed by atoms with Gasteiger partial charge in [0, 0.05) is 12.7 Å². The summed E-state index contributed by atoms with van der Waals surface area (Å²) in [7, 11) is 1.57. The summed E-state index contributed by atoms with van der Waals surface area (Å²) in [6.45, 7) is 2.37. The molecule has 0 radical (unpaired) electrons. The lowest BCUT2D eigenvalue weighted by atomic mass is 10.1. The third-order valence-corrected chi connectivity index (χ3v) is 2.57. The second-order valence-electron chi connectivity index (χ2n) is 3.92. The van der Waals surface area contributed by atoms with Gasteiger partial charge in [-0.15, -0.1) is 0 Å². The molecule has 1 rings (SSSR count). The van der Waals surface area contributed by atoms with E-state index in [9.17, 15) is 9.59 Å². The Morgan fingerprint density at radius 2 is 2.06 bits per heavy atom. The van der Waals surface area contributed by atoms with E-state index in [2.05, 4.69) is 5.32 Å². The average molecular weight is 251 g/mol. The summed E-state index contributed by atoms with van der Waals surface area (Å²) in [6, 6.07) is 5.87. The number of carbonyl (C=O) groups is 2. The van der Waals surface area contributed by atoms with Crippen LogP contribution in [0.15, 0.2) is 24.3 Å². The van der Waals surface area contributed by atoms with E-state index in [1.54, 1.807) is 19.2 Å². The summed E-state index contributed by atoms with van der Waals surface area (Å²) in [4.78, 5) is 22.7. The highest BCUT2D eigenvalue weighted by molar-refractivity contribution is 5.97. The van der Waals surface area contributed by atoms with E-state index in [0.29, 0.717) is 12.2 Å². The fourth-order valence-corrected chi connectivity index (χ4v) is 1.52. The third-order valence-electron chi connectivity index (χ3n) is 2.57. The van der Waals surface area contributed by atoms with Gasteiger partial charge in [-0.3, -0.25) is 4.79 Å². The monoisotopic (exact) mass is 251 g/mol. The number of ether oxygens (including phenoxy) is 1. The molecule has 0 aromatic heterocycles. The van der Waals surface area contributed by atoms with Gasteiger partial charge in [-0.05, 0) is 24.6 Å². The van der Waals surface area contributed by atoms with Gasteiger partial charge < -0.3 is 15.2 Å². The van der Waals surface area contributed by atoms with Crippen LogP contribution < -0.4 is 5.32 Å². The van der Waals surface area contributed by atoms with Crippen molar-refractivity contribution in [1.29, 1.82) is 0 Å². The minimum atomic E-state index is -1.05. The first-order valence-corrected chi connectivity index (χ1v) is 5.71. The highest BCUT2D eigenvalue weighted by Gasteiger charge is 2.13. The fourth-order valence-electron chi connectivity index (χ4n) is 1.52. The highest BCUT2D eigenvalue weighted by atomic mass is 16.5. The smallest absolute Gasteiger partial charge is 0.335 e. The molecule has 0 aliphatic rings. The maximum Gasteiger partial charge on any atom is 0.335 e. The topological polar surface area (TPSA) is 75.6 Å². The van der Waals surface area contributed by atoms with Crippen LogP contribution in [-0.4, -0.2) is 36.7 Å². The molecule has 98 valence electrons. The Balaban J connectivity index is 2.77. The predicted octanol–water partition coefficient (Wildman–Crippen LogP) is 1.54. The van der Waals surface area contributed by atoms with Gasteiger partial charge in [-0.2, -0.15) is 0 Å². The average Bonchev–Trinajstić information content (AvgIpc) is 2.38. The van der Waals surface area contributed by atoms with Gasteiger partial charge in [0.2, 0.25) is 0 Å². The Bertz CT molecular complexity index is 431. The lowest BCUT2D eigenvalue weighted by molar-refractivity contribution is 0.0697. The molecule has 5 heteroatoms. The number of rotatable bonds is 6. The van der Waals surface area contributed by atoms with Crippen LogP contribution >= 0.6 is 0 Å². The Hall–Kier alpha value is -1.88. The molecule has 0 saturated carbocycles. The van der Waals surface area contributed by atoms with E-state index >= 15 is 0 Å². The molecule has 1 atom stereocenters. The number of benzene rings is 1. The van der Waals surface area contributed by atoms with Crippen molar-refractivity contribution in [3.8, 4) is 0 Å². The summed E-state index contributed by atoms with van der Waals surface area (Å²) in [5.74, 6) is -1.34. The Morgan fingerprint density at radius 1 is 1.39 bits per heavy atom. The number of methoxy groups -OCH3 is 1. The zero-order chi connectivity index (χ0) is 13.5. The van der Waals surface area contributed by atoms with Crippen molar-refractivity contribution in [3.05, 3.63) is 35.4 Å². The number of hydrogen-bond acceptors (Lipinski definition) is 3. The van der Waals surface area contributed by atoms with E-state index in [4.69, 9.17) is 9.84 Å². The van der Waals surface area contributed by atoms with Gasteiger partial charge in [-0.25, -0.2) is 4.79 Å². The van der Waals surface area contributed by atoms with Crippen molar-refractivity contribution < 1.29 is 19.4 Å². The molecule has 1 amide bonds. The van der Waals surface area contributed by atoms with Crippen molar-refractivity contribution in [2.45, 2.75) is 19.4 Å². The molecule has 0 fully saturated rings. The maximum absolute atomic E-state index is 11.9. The molecule has 0 aliphatic carbocycles. The molecule has 0 aliphatic heterocycles. The summed E-state index contributed by atoms with van der Waals surface area (Å²) >= 11 is 0. The van der Waals surface area contributed by atoms with E-state index < -0.39 is 5.97 Å². The number of amides is 1. The second-order valence-corrected chi connectivity index (χ2v) is 3.92. The zero-order valence-electron chi connectivity index (χ0n) is 10.5. The van der Waals surface area contributed by atoms with Crippen LogP contribution in [0.2, 0.25) is 0 Å². The Labute approximate surface area is 106 Å². The summed E-state index contributed by atoms with van der Waals surface area (Å²) in [5.41, 5.74) is 0.437. The molecule has 5 nitrogen and oxygen atoms in total. The number of nitrogens with one attached hydrogen (secondary N) is 1. The van der Waals surface area contributed by atoms with Crippen LogP contribution in [0, 0.1) is 0 Å². The van der Waals surface area contributed by atoms with Crippen molar-refractivity contribution in [2.24, 2.45) is 0 Å². The van der Waals surface area contributed by atoms with Crippen molar-refractivity contribution in [1.82, 2.24) is 5.32 Å². The van der Waals surface area contributed by atoms with Crippen LogP contribution in [0.3, 0.4) is 0 Å². The molecular weight excluding hydrogens is 234 g/mol. The van der Waals surface area contributed by atoms with E-state index in [-0.39, 0.29) is 17.5 Å². The van der Waals surface area contributed by atoms with Gasteiger partial charge in [0.1, 0.15) is 0 Å². The quantitative estimate of drug-likeness (QED) is 0.804. The molecule has 0 spiro atoms. The van der Waals surface area contributed by atoms with Crippen molar-refractivity contribution >= 4 is 11.9 Å². The molecule has 18 heavy (non-hydrogen) atoms. The zero-order valence-corrected chi connectivity index (χ0v) is 10.5. The summed E-state index contributed by atoms with van der Waals surface area (Å²) in [5, 5.41) is 11.6. The molecule has 2 N–H and O–H groups in total. The first kappa shape index (κ1) is 14.2. The van der Waals surface area contributed by atoms with Crippen molar-refractivity contribution in [2.75, 3.05) is 13.7 Å². The molecule has 1 aromatic rings. The minimum absolute atomic E-state index is 0.0732. The van der Waals surface area contributed by atoms with Gasteiger partial charge in [0.25, 0.3) is 5.91 Å². The van der Waals surface area contributed by atoms with Gasteiger partial charge in [0.15, 0.2) is 0 Å². The summed E-state index contributed by atoms with van der Waals surface area (Å²) < 4.78 is 4.98. The van der Waals surface area contributed by atoms with Gasteiger partial charge in [0.05, 0.1) is 18.2 Å². The van der Waals surface area contributed by atoms with Crippen LogP contribution in [-0.2, 0) is 4.74 Å². The highest BCUT2D eigenvalue weighted by Crippen LogP contribution is 2.06. The number of aromatic carboxylic acids is 1. The number of carboxylic acids is 1. The SMILES string of the molecule is CCC(COC)NC(=O)c1cccc(C(=O)O)c1. The number of carbonyl (C=O) groups excluding carboxylic acids is 1. The normalized spacial score (nSPS) is 11.9. The predicted molar refractivity (Wildman–Crippen MR) is 66.8 cm³/mol. The van der Waals surface area contributed by atoms with Gasteiger partial charge in [-0.1, -0.05) is 13.0 Å². The van der Waals surface area contributed by atoms with E-state index in [1.165, 1.54) is 12.1 Å². The Morgan fingerprint density at radius 3 is 2.61 bits per heavy atom. The second kappa shape index (κ2) is 6.76. The molecule has 0 saturated heterocycles. The molecule has 0 heterocycles. The number of carboxylic acid groups (broad SMARTS) is 1. The fraction of sp³-hybridized carbons (Fsp3) is 0.385. The van der Waals surface area contributed by atoms with Crippen LogP contribution in [0.25, 0.3) is 0 Å². The van der Waals surface area contributed by atoms with E-state index in [1.807, 2.05) is 6.92 Å².